The first-order valence-electron chi connectivity index (χ1n) is 18.4. The second-order valence-electron chi connectivity index (χ2n) is 15.3. The van der Waals surface area contributed by atoms with Crippen molar-refractivity contribution in [2.24, 2.45) is 51.9 Å². The molecule has 7 atom stereocenters. The van der Waals surface area contributed by atoms with Gasteiger partial charge in [-0.1, -0.05) is 58.6 Å². The molecule has 0 heterocycles. The number of nitrogens with two attached hydrogens (primary N) is 2. The maximum Gasteiger partial charge on any atom is 0.207 e. The zero-order valence-electron chi connectivity index (χ0n) is 28.6. The van der Waals surface area contributed by atoms with Crippen LogP contribution in [-0.2, 0) is 9.53 Å². The number of amides is 1. The van der Waals surface area contributed by atoms with Gasteiger partial charge < -0.3 is 26.8 Å². The number of ether oxygens (including phenoxy) is 1. The third kappa shape index (κ3) is 10.3. The summed E-state index contributed by atoms with van der Waals surface area (Å²) in [6.07, 6.45) is 25.2. The van der Waals surface area contributed by atoms with E-state index >= 15 is 0 Å². The Labute approximate surface area is 265 Å². The van der Waals surface area contributed by atoms with Gasteiger partial charge in [-0.15, -0.1) is 0 Å². The van der Waals surface area contributed by atoms with E-state index in [1.54, 1.807) is 5.57 Å². The molecule has 0 aliphatic heterocycles. The minimum atomic E-state index is 0.451. The van der Waals surface area contributed by atoms with Crippen molar-refractivity contribution in [1.29, 1.82) is 0 Å². The molecule has 3 saturated carbocycles. The Morgan fingerprint density at radius 3 is 2.44 bits per heavy atom. The van der Waals surface area contributed by atoms with Crippen LogP contribution in [0.2, 0.25) is 0 Å². The van der Waals surface area contributed by atoms with Gasteiger partial charge in [-0.2, -0.15) is 0 Å². The molecule has 0 spiro atoms. The summed E-state index contributed by atoms with van der Waals surface area (Å²) in [5.41, 5.74) is 13.5. The predicted molar refractivity (Wildman–Crippen MR) is 182 cm³/mol. The standard InChI is InChI=1S/C33H60N2O.C4H10N2O/c1-25(2)10-5-6-11-26-13-15-30-29-14-12-27-24-28(36-23-8-7-21-35-22-9-20-34)16-18-33(27,4)31(29)17-19-32(26,30)3;5-2-1-3-6-4-7/h12,25-26,28-31,35H,5-11,13-24,34H2,1-4H3;4H,1-3,5H2,(H,6,7). The molecule has 0 bridgehead atoms. The van der Waals surface area contributed by atoms with Crippen molar-refractivity contribution in [3.05, 3.63) is 11.6 Å². The van der Waals surface area contributed by atoms with Crippen molar-refractivity contribution in [1.82, 2.24) is 10.6 Å². The van der Waals surface area contributed by atoms with E-state index in [-0.39, 0.29) is 0 Å². The fraction of sp³-hybridized carbons (Fsp3) is 0.919. The largest absolute Gasteiger partial charge is 0.378 e. The molecule has 0 aromatic rings. The van der Waals surface area contributed by atoms with Crippen LogP contribution in [0.5, 0.6) is 0 Å². The number of nitrogens with one attached hydrogen (secondary N) is 2. The predicted octanol–water partition coefficient (Wildman–Crippen LogP) is 6.97. The lowest BCUT2D eigenvalue weighted by molar-refractivity contribution is -0.109. The Morgan fingerprint density at radius 2 is 1.70 bits per heavy atom. The lowest BCUT2D eigenvalue weighted by Gasteiger charge is -2.58. The summed E-state index contributed by atoms with van der Waals surface area (Å²) in [6.45, 7) is 15.3. The second-order valence-corrected chi connectivity index (χ2v) is 15.3. The van der Waals surface area contributed by atoms with Gasteiger partial charge in [0.2, 0.25) is 6.41 Å². The lowest BCUT2D eigenvalue weighted by Crippen LogP contribution is -2.50. The molecule has 4 rings (SSSR count). The van der Waals surface area contributed by atoms with Gasteiger partial charge in [0.15, 0.2) is 0 Å². The molecule has 4 aliphatic rings. The Bertz CT molecular complexity index is 818. The summed E-state index contributed by atoms with van der Waals surface area (Å²) in [5, 5.41) is 5.97. The molecule has 6 N–H and O–H groups in total. The van der Waals surface area contributed by atoms with Gasteiger partial charge in [0.25, 0.3) is 0 Å². The highest BCUT2D eigenvalue weighted by Gasteiger charge is 2.58. The molecule has 7 unspecified atom stereocenters. The maximum absolute atomic E-state index is 9.53. The van der Waals surface area contributed by atoms with Crippen LogP contribution in [0.3, 0.4) is 0 Å². The van der Waals surface area contributed by atoms with Crippen LogP contribution in [0.1, 0.15) is 130 Å². The zero-order chi connectivity index (χ0) is 31.1. The van der Waals surface area contributed by atoms with Gasteiger partial charge in [-0.3, -0.25) is 4.79 Å². The molecule has 0 aromatic heterocycles. The first-order chi connectivity index (χ1) is 20.8. The summed E-state index contributed by atoms with van der Waals surface area (Å²) >= 11 is 0. The summed E-state index contributed by atoms with van der Waals surface area (Å²) < 4.78 is 6.41. The van der Waals surface area contributed by atoms with Crippen LogP contribution in [0, 0.1) is 40.4 Å². The number of allylic oxidation sites excluding steroid dienone is 1. The van der Waals surface area contributed by atoms with Crippen molar-refractivity contribution in [3.63, 3.8) is 0 Å². The third-order valence-electron chi connectivity index (χ3n) is 12.1. The van der Waals surface area contributed by atoms with E-state index in [0.29, 0.717) is 36.4 Å². The van der Waals surface area contributed by atoms with Crippen LogP contribution in [-0.4, -0.2) is 51.8 Å². The first kappa shape index (κ1) is 36.5. The van der Waals surface area contributed by atoms with Crippen LogP contribution in [0.25, 0.3) is 0 Å². The van der Waals surface area contributed by atoms with E-state index in [1.165, 1.54) is 89.9 Å². The van der Waals surface area contributed by atoms with E-state index in [9.17, 15) is 4.79 Å². The molecular weight excluding hydrogens is 532 g/mol. The van der Waals surface area contributed by atoms with E-state index in [4.69, 9.17) is 16.2 Å². The smallest absolute Gasteiger partial charge is 0.207 e. The van der Waals surface area contributed by atoms with Gasteiger partial charge in [-0.25, -0.2) is 0 Å². The van der Waals surface area contributed by atoms with Crippen LogP contribution in [0.4, 0.5) is 0 Å². The third-order valence-corrected chi connectivity index (χ3v) is 12.1. The summed E-state index contributed by atoms with van der Waals surface area (Å²) in [4.78, 5) is 9.53. The van der Waals surface area contributed by atoms with Crippen molar-refractivity contribution < 1.29 is 9.53 Å². The topological polar surface area (TPSA) is 102 Å². The van der Waals surface area contributed by atoms with Gasteiger partial charge in [0.1, 0.15) is 0 Å². The second kappa shape index (κ2) is 18.9. The quantitative estimate of drug-likeness (QED) is 0.0771. The van der Waals surface area contributed by atoms with Crippen molar-refractivity contribution in [2.45, 2.75) is 137 Å². The fourth-order valence-corrected chi connectivity index (χ4v) is 9.51. The normalized spacial score (nSPS) is 33.1. The highest BCUT2D eigenvalue weighted by atomic mass is 16.5. The Morgan fingerprint density at radius 1 is 0.930 bits per heavy atom. The van der Waals surface area contributed by atoms with Crippen molar-refractivity contribution in [2.75, 3.05) is 39.3 Å². The minimum absolute atomic E-state index is 0.451. The molecule has 0 saturated heterocycles. The van der Waals surface area contributed by atoms with Gasteiger partial charge >= 0.3 is 0 Å². The van der Waals surface area contributed by atoms with Crippen LogP contribution >= 0.6 is 0 Å². The summed E-state index contributed by atoms with van der Waals surface area (Å²) in [7, 11) is 0. The van der Waals surface area contributed by atoms with E-state index in [2.05, 4.69) is 44.4 Å². The van der Waals surface area contributed by atoms with Crippen molar-refractivity contribution in [3.8, 4) is 0 Å². The number of carbonyl (C=O) groups excluding carboxylic acids is 1. The zero-order valence-corrected chi connectivity index (χ0v) is 28.6. The lowest BCUT2D eigenvalue weighted by atomic mass is 9.47. The van der Waals surface area contributed by atoms with E-state index in [1.807, 2.05) is 0 Å². The van der Waals surface area contributed by atoms with Gasteiger partial charge in [0, 0.05) is 13.2 Å². The molecule has 4 aliphatic carbocycles. The SMILES string of the molecule is CC(C)CCCCC1CCC2C3CC=C4CC(OCCCCNCCCN)CCC4(C)C3CCC12C.NCCCNC=O. The van der Waals surface area contributed by atoms with Crippen molar-refractivity contribution >= 4 is 6.41 Å². The molecule has 0 radical (unpaired) electrons. The number of rotatable bonds is 18. The summed E-state index contributed by atoms with van der Waals surface area (Å²) in [6, 6.07) is 0. The Hall–Kier alpha value is -0.950. The number of hydrogen-bond acceptors (Lipinski definition) is 5. The molecule has 6 nitrogen and oxygen atoms in total. The summed E-state index contributed by atoms with van der Waals surface area (Å²) in [5.74, 6) is 4.71. The number of fused-ring (bicyclic) bond motifs is 5. The number of carbonyl (C=O) groups is 1. The van der Waals surface area contributed by atoms with Crippen LogP contribution < -0.4 is 22.1 Å². The average molecular weight is 603 g/mol. The van der Waals surface area contributed by atoms with E-state index < -0.39 is 0 Å². The highest BCUT2D eigenvalue weighted by Crippen LogP contribution is 2.66. The molecule has 250 valence electrons. The highest BCUT2D eigenvalue weighted by molar-refractivity contribution is 5.45. The molecular formula is C37H70N4O2. The van der Waals surface area contributed by atoms with Gasteiger partial charge in [-0.05, 0) is 150 Å². The Kier molecular flexibility index (Phi) is 16.0. The van der Waals surface area contributed by atoms with Crippen LogP contribution in [0.15, 0.2) is 11.6 Å². The molecule has 0 aromatic carbocycles. The fourth-order valence-electron chi connectivity index (χ4n) is 9.51. The number of unbranched alkanes of at least 4 members (excludes halogenated alkanes) is 2. The molecule has 43 heavy (non-hydrogen) atoms. The Balaban J connectivity index is 0.000000646. The first-order valence-corrected chi connectivity index (χ1v) is 18.4. The number of hydrogen-bond donors (Lipinski definition) is 4. The average Bonchev–Trinajstić information content (AvgIpc) is 3.33. The minimum Gasteiger partial charge on any atom is -0.378 e. The molecule has 3 fully saturated rings. The molecule has 6 heteroatoms. The monoisotopic (exact) mass is 603 g/mol. The van der Waals surface area contributed by atoms with Gasteiger partial charge in [0.05, 0.1) is 6.10 Å². The molecule has 1 amide bonds. The van der Waals surface area contributed by atoms with E-state index in [0.717, 1.165) is 68.7 Å². The maximum atomic E-state index is 9.53.